The molecule has 1 unspecified atom stereocenters. The van der Waals surface area contributed by atoms with Crippen molar-refractivity contribution in [3.63, 3.8) is 0 Å². The van der Waals surface area contributed by atoms with E-state index < -0.39 is 12.1 Å². The highest BCUT2D eigenvalue weighted by atomic mass is 79.9. The number of hydrogen-bond acceptors (Lipinski definition) is 2. The maximum Gasteiger partial charge on any atom is 0.393 e. The molecule has 1 aromatic rings. The zero-order chi connectivity index (χ0) is 14.8. The third-order valence-electron chi connectivity index (χ3n) is 3.64. The average molecular weight is 351 g/mol. The van der Waals surface area contributed by atoms with Crippen LogP contribution in [0.25, 0.3) is 0 Å². The molecular weight excluding hydrogens is 333 g/mol. The first kappa shape index (κ1) is 15.6. The zero-order valence-electron chi connectivity index (χ0n) is 11.3. The Morgan fingerprint density at radius 3 is 2.80 bits per heavy atom. The van der Waals surface area contributed by atoms with E-state index in [4.69, 9.17) is 0 Å². The van der Waals surface area contributed by atoms with Crippen molar-refractivity contribution in [3.8, 4) is 0 Å². The summed E-state index contributed by atoms with van der Waals surface area (Å²) < 4.78 is 39.6. The Morgan fingerprint density at radius 1 is 1.40 bits per heavy atom. The Kier molecular flexibility index (Phi) is 4.96. The van der Waals surface area contributed by atoms with Gasteiger partial charge in [0, 0.05) is 29.8 Å². The molecule has 0 spiro atoms. The summed E-state index contributed by atoms with van der Waals surface area (Å²) in [5, 5.41) is 3.06. The van der Waals surface area contributed by atoms with Crippen LogP contribution >= 0.6 is 15.9 Å². The Bertz CT molecular complexity index is 462. The summed E-state index contributed by atoms with van der Waals surface area (Å²) in [7, 11) is 1.83. The van der Waals surface area contributed by atoms with Crippen molar-refractivity contribution in [1.82, 2.24) is 5.32 Å². The molecule has 2 rings (SSSR count). The predicted molar refractivity (Wildman–Crippen MR) is 77.9 cm³/mol. The summed E-state index contributed by atoms with van der Waals surface area (Å²) in [5.74, 6) is -1.22. The molecule has 0 aliphatic carbocycles. The first-order valence-electron chi connectivity index (χ1n) is 6.66. The molecule has 112 valence electrons. The molecule has 1 aliphatic heterocycles. The summed E-state index contributed by atoms with van der Waals surface area (Å²) in [6, 6.07) is 5.78. The van der Waals surface area contributed by atoms with Gasteiger partial charge < -0.3 is 10.2 Å². The van der Waals surface area contributed by atoms with Crippen LogP contribution in [0, 0.1) is 5.92 Å². The Hall–Kier alpha value is -0.750. The van der Waals surface area contributed by atoms with Gasteiger partial charge in [0.15, 0.2) is 0 Å². The lowest BCUT2D eigenvalue weighted by Gasteiger charge is -2.36. The number of alkyl halides is 3. The minimum absolute atomic E-state index is 0.0522. The molecule has 0 saturated carbocycles. The highest BCUT2D eigenvalue weighted by molar-refractivity contribution is 9.10. The van der Waals surface area contributed by atoms with Gasteiger partial charge in [0.2, 0.25) is 0 Å². The van der Waals surface area contributed by atoms with Crippen LogP contribution in [-0.2, 0) is 6.54 Å². The van der Waals surface area contributed by atoms with Crippen LogP contribution in [0.4, 0.5) is 18.9 Å². The van der Waals surface area contributed by atoms with Gasteiger partial charge >= 0.3 is 6.18 Å². The van der Waals surface area contributed by atoms with Gasteiger partial charge in [-0.2, -0.15) is 13.2 Å². The van der Waals surface area contributed by atoms with Crippen molar-refractivity contribution in [2.75, 3.05) is 25.0 Å². The minimum atomic E-state index is -4.10. The molecule has 0 bridgehead atoms. The van der Waals surface area contributed by atoms with E-state index in [0.29, 0.717) is 19.5 Å². The zero-order valence-corrected chi connectivity index (χ0v) is 12.9. The Balaban J connectivity index is 2.24. The maximum absolute atomic E-state index is 12.9. The Labute approximate surface area is 125 Å². The summed E-state index contributed by atoms with van der Waals surface area (Å²) in [5.41, 5.74) is 1.92. The van der Waals surface area contributed by atoms with Gasteiger partial charge in [-0.3, -0.25) is 0 Å². The van der Waals surface area contributed by atoms with Gasteiger partial charge in [-0.1, -0.05) is 22.0 Å². The molecule has 1 atom stereocenters. The molecule has 0 amide bonds. The molecule has 1 fully saturated rings. The van der Waals surface area contributed by atoms with Gasteiger partial charge in [0.05, 0.1) is 5.92 Å². The molecule has 6 heteroatoms. The second kappa shape index (κ2) is 6.35. The Morgan fingerprint density at radius 2 is 2.15 bits per heavy atom. The minimum Gasteiger partial charge on any atom is -0.371 e. The summed E-state index contributed by atoms with van der Waals surface area (Å²) in [6.07, 6.45) is -3.29. The molecule has 1 saturated heterocycles. The van der Waals surface area contributed by atoms with Crippen molar-refractivity contribution in [3.05, 3.63) is 28.2 Å². The number of piperidine rings is 1. The second-order valence-corrected chi connectivity index (χ2v) is 6.05. The van der Waals surface area contributed by atoms with Gasteiger partial charge in [0.25, 0.3) is 0 Å². The normalized spacial score (nSPS) is 20.2. The SMILES string of the molecule is CNCc1ccc(Br)cc1N1CCCC(C(F)(F)F)C1. The van der Waals surface area contributed by atoms with Crippen LogP contribution in [0.2, 0.25) is 0 Å². The summed E-state index contributed by atoms with van der Waals surface area (Å²) in [6.45, 7) is 1.38. The lowest BCUT2D eigenvalue weighted by molar-refractivity contribution is -0.176. The van der Waals surface area contributed by atoms with E-state index in [1.54, 1.807) is 0 Å². The smallest absolute Gasteiger partial charge is 0.371 e. The topological polar surface area (TPSA) is 15.3 Å². The fourth-order valence-corrected chi connectivity index (χ4v) is 2.98. The molecule has 20 heavy (non-hydrogen) atoms. The van der Waals surface area contributed by atoms with Crippen LogP contribution in [0.5, 0.6) is 0 Å². The number of benzene rings is 1. The lowest BCUT2D eigenvalue weighted by Crippen LogP contribution is -2.42. The van der Waals surface area contributed by atoms with Crippen molar-refractivity contribution in [2.24, 2.45) is 5.92 Å². The quantitative estimate of drug-likeness (QED) is 0.887. The molecule has 0 aromatic heterocycles. The molecule has 1 aliphatic rings. The first-order chi connectivity index (χ1) is 9.41. The summed E-state index contributed by atoms with van der Waals surface area (Å²) >= 11 is 3.40. The molecule has 1 heterocycles. The van der Waals surface area contributed by atoms with Gasteiger partial charge in [0.1, 0.15) is 0 Å². The lowest BCUT2D eigenvalue weighted by atomic mass is 9.96. The van der Waals surface area contributed by atoms with E-state index in [0.717, 1.165) is 15.7 Å². The molecular formula is C14H18BrF3N2. The third kappa shape index (κ3) is 3.67. The summed E-state index contributed by atoms with van der Waals surface area (Å²) in [4.78, 5) is 1.86. The molecule has 1 N–H and O–H groups in total. The van der Waals surface area contributed by atoms with Gasteiger partial charge in [-0.25, -0.2) is 0 Å². The monoisotopic (exact) mass is 350 g/mol. The van der Waals surface area contributed by atoms with E-state index in [2.05, 4.69) is 21.2 Å². The fourth-order valence-electron chi connectivity index (χ4n) is 2.63. The number of rotatable bonds is 3. The average Bonchev–Trinajstić information content (AvgIpc) is 2.40. The van der Waals surface area contributed by atoms with E-state index >= 15 is 0 Å². The third-order valence-corrected chi connectivity index (χ3v) is 4.13. The van der Waals surface area contributed by atoms with Crippen LogP contribution < -0.4 is 10.2 Å². The van der Waals surface area contributed by atoms with Crippen molar-refractivity contribution in [2.45, 2.75) is 25.6 Å². The van der Waals surface area contributed by atoms with E-state index in [-0.39, 0.29) is 13.0 Å². The van der Waals surface area contributed by atoms with Gasteiger partial charge in [-0.15, -0.1) is 0 Å². The van der Waals surface area contributed by atoms with Crippen molar-refractivity contribution < 1.29 is 13.2 Å². The van der Waals surface area contributed by atoms with E-state index in [9.17, 15) is 13.2 Å². The van der Waals surface area contributed by atoms with Crippen LogP contribution in [-0.4, -0.2) is 26.3 Å². The van der Waals surface area contributed by atoms with Crippen LogP contribution in [0.1, 0.15) is 18.4 Å². The van der Waals surface area contributed by atoms with E-state index in [1.165, 1.54) is 0 Å². The van der Waals surface area contributed by atoms with Crippen LogP contribution in [0.3, 0.4) is 0 Å². The number of anilines is 1. The van der Waals surface area contributed by atoms with Crippen molar-refractivity contribution in [1.29, 1.82) is 0 Å². The largest absolute Gasteiger partial charge is 0.393 e. The first-order valence-corrected chi connectivity index (χ1v) is 7.46. The predicted octanol–water partition coefficient (Wildman–Crippen LogP) is 3.95. The highest BCUT2D eigenvalue weighted by Gasteiger charge is 2.42. The highest BCUT2D eigenvalue weighted by Crippen LogP contribution is 2.36. The number of nitrogens with zero attached hydrogens (tertiary/aromatic N) is 1. The fraction of sp³-hybridized carbons (Fsp3) is 0.571. The van der Waals surface area contributed by atoms with Crippen molar-refractivity contribution >= 4 is 21.6 Å². The number of halogens is 4. The molecule has 2 nitrogen and oxygen atoms in total. The molecule has 0 radical (unpaired) electrons. The second-order valence-electron chi connectivity index (χ2n) is 5.13. The maximum atomic E-state index is 12.9. The number of hydrogen-bond donors (Lipinski definition) is 1. The van der Waals surface area contributed by atoms with Crippen LogP contribution in [0.15, 0.2) is 22.7 Å². The number of nitrogens with one attached hydrogen (secondary N) is 1. The molecule has 1 aromatic carbocycles. The standard InChI is InChI=1S/C14H18BrF3N2/c1-19-8-10-4-5-12(15)7-13(10)20-6-2-3-11(9-20)14(16,17)18/h4-5,7,11,19H,2-3,6,8-9H2,1H3. The van der Waals surface area contributed by atoms with E-state index in [1.807, 2.05) is 30.1 Å². The van der Waals surface area contributed by atoms with Gasteiger partial charge in [-0.05, 0) is 37.6 Å².